The summed E-state index contributed by atoms with van der Waals surface area (Å²) in [6, 6.07) is 17.2. The molecule has 1 unspecified atom stereocenters. The van der Waals surface area contributed by atoms with Gasteiger partial charge in [0.15, 0.2) is 5.16 Å². The lowest BCUT2D eigenvalue weighted by atomic mass is 10.3. The Kier molecular flexibility index (Phi) is 5.18. The molecule has 0 bridgehead atoms. The number of anilines is 1. The van der Waals surface area contributed by atoms with E-state index in [1.807, 2.05) is 49.4 Å². The fourth-order valence-corrected chi connectivity index (χ4v) is 3.87. The Morgan fingerprint density at radius 2 is 1.96 bits per heavy atom. The molecule has 0 saturated heterocycles. The molecule has 1 amide bonds. The van der Waals surface area contributed by atoms with Crippen molar-refractivity contribution in [3.05, 3.63) is 65.4 Å². The van der Waals surface area contributed by atoms with Crippen molar-refractivity contribution in [3.8, 4) is 5.69 Å². The van der Waals surface area contributed by atoms with E-state index in [2.05, 4.69) is 20.1 Å². The lowest BCUT2D eigenvalue weighted by Gasteiger charge is -2.14. The van der Waals surface area contributed by atoms with Gasteiger partial charge in [0.2, 0.25) is 5.91 Å². The number of nitrogens with zero attached hydrogens (tertiary/aromatic N) is 3. The van der Waals surface area contributed by atoms with Crippen LogP contribution in [0.5, 0.6) is 0 Å². The maximum atomic E-state index is 12.6. The number of para-hydroxylation sites is 1. The van der Waals surface area contributed by atoms with E-state index in [9.17, 15) is 4.79 Å². The number of hydrogen-bond donors (Lipinski definition) is 1. The predicted octanol–water partition coefficient (Wildman–Crippen LogP) is 4.92. The number of carbonyl (C=O) groups is 1. The monoisotopic (exact) mass is 398 g/mol. The Hall–Kier alpha value is -2.31. The summed E-state index contributed by atoms with van der Waals surface area (Å²) in [4.78, 5) is 12.6. The van der Waals surface area contributed by atoms with Crippen LogP contribution in [-0.2, 0) is 4.79 Å². The summed E-state index contributed by atoms with van der Waals surface area (Å²) in [5, 5.41) is 12.7. The SMILES string of the molecule is CC(Sc1nnc(C2CC2)n1-c1ccccc1)C(=O)Nc1cccc(Cl)c1. The van der Waals surface area contributed by atoms with Crippen molar-refractivity contribution in [1.29, 1.82) is 0 Å². The van der Waals surface area contributed by atoms with Crippen molar-refractivity contribution in [1.82, 2.24) is 14.8 Å². The number of halogens is 1. The van der Waals surface area contributed by atoms with Gasteiger partial charge in [-0.05, 0) is 50.1 Å². The second-order valence-electron chi connectivity index (χ2n) is 6.55. The Labute approximate surface area is 167 Å². The van der Waals surface area contributed by atoms with Gasteiger partial charge < -0.3 is 5.32 Å². The highest BCUT2D eigenvalue weighted by Crippen LogP contribution is 2.41. The molecule has 7 heteroatoms. The number of amides is 1. The summed E-state index contributed by atoms with van der Waals surface area (Å²) in [5.74, 6) is 1.34. The minimum atomic E-state index is -0.331. The number of rotatable bonds is 6. The van der Waals surface area contributed by atoms with E-state index in [1.165, 1.54) is 11.8 Å². The van der Waals surface area contributed by atoms with Crippen LogP contribution in [0.1, 0.15) is 31.5 Å². The molecule has 138 valence electrons. The molecule has 1 saturated carbocycles. The van der Waals surface area contributed by atoms with Crippen LogP contribution in [0.15, 0.2) is 59.8 Å². The number of hydrogen-bond acceptors (Lipinski definition) is 4. The summed E-state index contributed by atoms with van der Waals surface area (Å²) in [5.41, 5.74) is 1.71. The lowest BCUT2D eigenvalue weighted by Crippen LogP contribution is -2.22. The third-order valence-electron chi connectivity index (χ3n) is 4.36. The van der Waals surface area contributed by atoms with E-state index in [0.717, 1.165) is 29.5 Å². The van der Waals surface area contributed by atoms with Crippen molar-refractivity contribution in [2.75, 3.05) is 5.32 Å². The van der Waals surface area contributed by atoms with Gasteiger partial charge in [-0.2, -0.15) is 0 Å². The van der Waals surface area contributed by atoms with Crippen LogP contribution >= 0.6 is 23.4 Å². The molecule has 4 rings (SSSR count). The summed E-state index contributed by atoms with van der Waals surface area (Å²) >= 11 is 7.39. The Balaban J connectivity index is 1.54. The van der Waals surface area contributed by atoms with E-state index in [1.54, 1.807) is 12.1 Å². The van der Waals surface area contributed by atoms with E-state index in [0.29, 0.717) is 16.6 Å². The smallest absolute Gasteiger partial charge is 0.237 e. The quantitative estimate of drug-likeness (QED) is 0.599. The van der Waals surface area contributed by atoms with Crippen molar-refractivity contribution in [2.24, 2.45) is 0 Å². The zero-order valence-corrected chi connectivity index (χ0v) is 16.4. The van der Waals surface area contributed by atoms with Crippen molar-refractivity contribution in [2.45, 2.75) is 36.1 Å². The van der Waals surface area contributed by atoms with Crippen LogP contribution in [0.25, 0.3) is 5.69 Å². The molecule has 1 heterocycles. The molecule has 0 aliphatic heterocycles. The van der Waals surface area contributed by atoms with Gasteiger partial charge >= 0.3 is 0 Å². The third-order valence-corrected chi connectivity index (χ3v) is 5.64. The Bertz CT molecular complexity index is 956. The van der Waals surface area contributed by atoms with E-state index >= 15 is 0 Å². The average molecular weight is 399 g/mol. The van der Waals surface area contributed by atoms with E-state index in [4.69, 9.17) is 11.6 Å². The maximum Gasteiger partial charge on any atom is 0.237 e. The van der Waals surface area contributed by atoms with Crippen molar-refractivity contribution >= 4 is 35.0 Å². The first-order valence-corrected chi connectivity index (χ1v) is 10.1. The molecule has 1 fully saturated rings. The fourth-order valence-electron chi connectivity index (χ4n) is 2.81. The van der Waals surface area contributed by atoms with Crippen LogP contribution in [-0.4, -0.2) is 25.9 Å². The maximum absolute atomic E-state index is 12.6. The van der Waals surface area contributed by atoms with Gasteiger partial charge in [0, 0.05) is 22.3 Å². The largest absolute Gasteiger partial charge is 0.325 e. The number of aromatic nitrogens is 3. The lowest BCUT2D eigenvalue weighted by molar-refractivity contribution is -0.115. The molecule has 0 radical (unpaired) electrons. The predicted molar refractivity (Wildman–Crippen MR) is 109 cm³/mol. The Morgan fingerprint density at radius 3 is 2.67 bits per heavy atom. The van der Waals surface area contributed by atoms with E-state index in [-0.39, 0.29) is 11.2 Å². The van der Waals surface area contributed by atoms with Crippen LogP contribution in [0.2, 0.25) is 5.02 Å². The fraction of sp³-hybridized carbons (Fsp3) is 0.250. The van der Waals surface area contributed by atoms with Gasteiger partial charge in [0.1, 0.15) is 5.82 Å². The van der Waals surface area contributed by atoms with Crippen LogP contribution in [0, 0.1) is 0 Å². The summed E-state index contributed by atoms with van der Waals surface area (Å²) < 4.78 is 2.07. The number of benzene rings is 2. The van der Waals surface area contributed by atoms with Crippen molar-refractivity contribution < 1.29 is 4.79 Å². The molecule has 27 heavy (non-hydrogen) atoms. The first-order chi connectivity index (χ1) is 13.1. The van der Waals surface area contributed by atoms with Gasteiger partial charge in [-0.15, -0.1) is 10.2 Å². The zero-order valence-electron chi connectivity index (χ0n) is 14.8. The molecule has 5 nitrogen and oxygen atoms in total. The molecule has 3 aromatic rings. The highest BCUT2D eigenvalue weighted by Gasteiger charge is 2.31. The van der Waals surface area contributed by atoms with Gasteiger partial charge in [-0.1, -0.05) is 47.6 Å². The van der Waals surface area contributed by atoms with Gasteiger partial charge in [-0.3, -0.25) is 9.36 Å². The summed E-state index contributed by atoms with van der Waals surface area (Å²) in [7, 11) is 0. The normalized spacial score (nSPS) is 14.7. The standard InChI is InChI=1S/C20H19ClN4OS/c1-13(19(26)22-16-7-5-6-15(21)12-16)27-20-24-23-18(14-10-11-14)25(20)17-8-3-2-4-9-17/h2-9,12-14H,10-11H2,1H3,(H,22,26). The van der Waals surface area contributed by atoms with Gasteiger partial charge in [0.05, 0.1) is 5.25 Å². The van der Waals surface area contributed by atoms with Crippen LogP contribution in [0.4, 0.5) is 5.69 Å². The molecule has 1 aliphatic rings. The van der Waals surface area contributed by atoms with Gasteiger partial charge in [-0.25, -0.2) is 0 Å². The molecule has 0 spiro atoms. The van der Waals surface area contributed by atoms with Gasteiger partial charge in [0.25, 0.3) is 0 Å². The number of nitrogens with one attached hydrogen (secondary N) is 1. The minimum absolute atomic E-state index is 0.0992. The average Bonchev–Trinajstić information content (AvgIpc) is 3.43. The summed E-state index contributed by atoms with van der Waals surface area (Å²) in [6.45, 7) is 1.87. The Morgan fingerprint density at radius 1 is 1.19 bits per heavy atom. The number of thioether (sulfide) groups is 1. The summed E-state index contributed by atoms with van der Waals surface area (Å²) in [6.07, 6.45) is 2.28. The highest BCUT2D eigenvalue weighted by molar-refractivity contribution is 8.00. The minimum Gasteiger partial charge on any atom is -0.325 e. The second kappa shape index (κ2) is 7.74. The number of carbonyl (C=O) groups excluding carboxylic acids is 1. The third kappa shape index (κ3) is 4.17. The second-order valence-corrected chi connectivity index (χ2v) is 8.29. The molecule has 1 atom stereocenters. The van der Waals surface area contributed by atoms with Crippen LogP contribution < -0.4 is 5.32 Å². The van der Waals surface area contributed by atoms with E-state index < -0.39 is 0 Å². The van der Waals surface area contributed by atoms with Crippen molar-refractivity contribution in [3.63, 3.8) is 0 Å². The van der Waals surface area contributed by atoms with Crippen LogP contribution in [0.3, 0.4) is 0 Å². The molecule has 1 aromatic heterocycles. The molecular formula is C20H19ClN4OS. The molecule has 1 aliphatic carbocycles. The first-order valence-electron chi connectivity index (χ1n) is 8.85. The molecule has 2 aromatic carbocycles. The first kappa shape index (κ1) is 18.1. The topological polar surface area (TPSA) is 59.8 Å². The molecule has 1 N–H and O–H groups in total. The molecular weight excluding hydrogens is 380 g/mol. The zero-order chi connectivity index (χ0) is 18.8. The highest BCUT2D eigenvalue weighted by atomic mass is 35.5.